The van der Waals surface area contributed by atoms with Gasteiger partial charge in [-0.3, -0.25) is 4.21 Å². The molecule has 0 aliphatic carbocycles. The topological polar surface area (TPSA) is 43.1 Å². The van der Waals surface area contributed by atoms with E-state index < -0.39 is 10.8 Å². The van der Waals surface area contributed by atoms with Gasteiger partial charge in [0.1, 0.15) is 5.82 Å². The van der Waals surface area contributed by atoms with Gasteiger partial charge in [0.25, 0.3) is 0 Å². The van der Waals surface area contributed by atoms with Crippen molar-refractivity contribution in [2.45, 2.75) is 31.0 Å². The summed E-state index contributed by atoms with van der Waals surface area (Å²) in [6, 6.07) is 10.8. The van der Waals surface area contributed by atoms with E-state index in [9.17, 15) is 8.60 Å². The van der Waals surface area contributed by atoms with E-state index in [1.165, 1.54) is 0 Å². The molecule has 0 saturated carbocycles. The van der Waals surface area contributed by atoms with Gasteiger partial charge >= 0.3 is 0 Å². The molecule has 0 aliphatic rings. The third-order valence-corrected chi connectivity index (χ3v) is 4.76. The lowest BCUT2D eigenvalue weighted by molar-refractivity contribution is 0.598. The molecule has 1 atom stereocenters. The van der Waals surface area contributed by atoms with Gasteiger partial charge in [0.15, 0.2) is 0 Å². The van der Waals surface area contributed by atoms with Gasteiger partial charge in [0.2, 0.25) is 0 Å². The fraction of sp³-hybridized carbons (Fsp3) is 0.250. The lowest BCUT2D eigenvalue weighted by Gasteiger charge is -2.09. The highest BCUT2D eigenvalue weighted by Gasteiger charge is 2.13. The number of rotatable bonds is 4. The van der Waals surface area contributed by atoms with E-state index in [4.69, 9.17) is 5.73 Å². The minimum absolute atomic E-state index is 0.149. The molecule has 0 fully saturated rings. The molecule has 0 spiro atoms. The Labute approximate surface area is 121 Å². The van der Waals surface area contributed by atoms with Crippen LogP contribution in [-0.2, 0) is 23.1 Å². The highest BCUT2D eigenvalue weighted by Crippen LogP contribution is 2.20. The zero-order valence-corrected chi connectivity index (χ0v) is 12.5. The minimum atomic E-state index is -1.26. The predicted molar refractivity (Wildman–Crippen MR) is 80.3 cm³/mol. The van der Waals surface area contributed by atoms with Crippen LogP contribution in [0.5, 0.6) is 0 Å². The normalized spacial score (nSPS) is 12.4. The first kappa shape index (κ1) is 14.9. The Hall–Kier alpha value is -1.52. The van der Waals surface area contributed by atoms with Crippen LogP contribution in [0.25, 0.3) is 0 Å². The molecule has 0 bridgehead atoms. The monoisotopic (exact) mass is 291 g/mol. The number of halogens is 1. The Morgan fingerprint density at radius 3 is 2.50 bits per heavy atom. The van der Waals surface area contributed by atoms with Gasteiger partial charge in [-0.05, 0) is 25.5 Å². The van der Waals surface area contributed by atoms with Crippen LogP contribution >= 0.6 is 0 Å². The van der Waals surface area contributed by atoms with Gasteiger partial charge in [0, 0.05) is 22.6 Å². The van der Waals surface area contributed by atoms with Crippen LogP contribution in [-0.4, -0.2) is 4.21 Å². The Kier molecular flexibility index (Phi) is 4.68. The Balaban J connectivity index is 2.28. The maximum Gasteiger partial charge on any atom is 0.131 e. The lowest BCUT2D eigenvalue weighted by Crippen LogP contribution is -2.05. The Morgan fingerprint density at radius 1 is 1.15 bits per heavy atom. The molecular weight excluding hydrogens is 273 g/mol. The van der Waals surface area contributed by atoms with Crippen LogP contribution in [0.4, 0.5) is 4.39 Å². The van der Waals surface area contributed by atoms with Gasteiger partial charge in [-0.1, -0.05) is 35.9 Å². The van der Waals surface area contributed by atoms with Crippen LogP contribution in [0.1, 0.15) is 22.3 Å². The first-order chi connectivity index (χ1) is 9.52. The largest absolute Gasteiger partial charge is 0.326 e. The van der Waals surface area contributed by atoms with Crippen LogP contribution in [0.2, 0.25) is 0 Å². The highest BCUT2D eigenvalue weighted by atomic mass is 32.2. The molecule has 1 unspecified atom stereocenters. The molecule has 0 radical (unpaired) electrons. The van der Waals surface area contributed by atoms with Crippen molar-refractivity contribution in [1.29, 1.82) is 0 Å². The molecule has 0 heterocycles. The van der Waals surface area contributed by atoms with Crippen molar-refractivity contribution in [1.82, 2.24) is 0 Å². The van der Waals surface area contributed by atoms with Crippen molar-refractivity contribution in [3.63, 3.8) is 0 Å². The molecule has 2 aromatic rings. The molecule has 4 heteroatoms. The van der Waals surface area contributed by atoms with Crippen molar-refractivity contribution in [2.75, 3.05) is 0 Å². The van der Waals surface area contributed by atoms with Crippen LogP contribution in [0, 0.1) is 19.7 Å². The maximum atomic E-state index is 14.1. The van der Waals surface area contributed by atoms with Crippen molar-refractivity contribution >= 4 is 10.8 Å². The van der Waals surface area contributed by atoms with Gasteiger partial charge in [-0.25, -0.2) is 4.39 Å². The van der Waals surface area contributed by atoms with E-state index in [1.54, 1.807) is 18.2 Å². The standard InChI is InChI=1S/C16H18FNOS/c1-11-6-7-15(12(2)8-11)20(19)10-14-5-3-4-13(9-18)16(14)17/h3-8H,9-10,18H2,1-2H3. The molecule has 2 N–H and O–H groups in total. The molecule has 20 heavy (non-hydrogen) atoms. The average molecular weight is 291 g/mol. The second-order valence-corrected chi connectivity index (χ2v) is 6.27. The van der Waals surface area contributed by atoms with Gasteiger partial charge in [-0.15, -0.1) is 0 Å². The quantitative estimate of drug-likeness (QED) is 0.940. The zero-order valence-electron chi connectivity index (χ0n) is 11.7. The Bertz CT molecular complexity index is 655. The second kappa shape index (κ2) is 6.29. The molecule has 0 aromatic heterocycles. The molecule has 106 valence electrons. The van der Waals surface area contributed by atoms with Gasteiger partial charge in [0.05, 0.1) is 16.6 Å². The molecule has 0 saturated heterocycles. The molecule has 2 nitrogen and oxygen atoms in total. The first-order valence-corrected chi connectivity index (χ1v) is 7.76. The summed E-state index contributed by atoms with van der Waals surface area (Å²) in [6.07, 6.45) is 0. The van der Waals surface area contributed by atoms with Crippen LogP contribution in [0.3, 0.4) is 0 Å². The van der Waals surface area contributed by atoms with E-state index >= 15 is 0 Å². The van der Waals surface area contributed by atoms with Crippen molar-refractivity contribution < 1.29 is 8.60 Å². The summed E-state index contributed by atoms with van der Waals surface area (Å²) in [5, 5.41) is 0. The zero-order chi connectivity index (χ0) is 14.7. The van der Waals surface area contributed by atoms with E-state index in [2.05, 4.69) is 0 Å². The summed E-state index contributed by atoms with van der Waals surface area (Å²) in [5.74, 6) is -0.169. The van der Waals surface area contributed by atoms with Crippen LogP contribution in [0.15, 0.2) is 41.3 Å². The smallest absolute Gasteiger partial charge is 0.131 e. The van der Waals surface area contributed by atoms with E-state index in [-0.39, 0.29) is 18.1 Å². The molecule has 0 aliphatic heterocycles. The fourth-order valence-corrected chi connectivity index (χ4v) is 3.47. The highest BCUT2D eigenvalue weighted by molar-refractivity contribution is 7.84. The van der Waals surface area contributed by atoms with E-state index in [0.717, 1.165) is 16.0 Å². The third kappa shape index (κ3) is 3.14. The summed E-state index contributed by atoms with van der Waals surface area (Å²) in [6.45, 7) is 4.06. The molecular formula is C16H18FNOS. The molecule has 2 rings (SSSR count). The molecule has 0 amide bonds. The second-order valence-electron chi connectivity index (χ2n) is 4.85. The maximum absolute atomic E-state index is 14.1. The predicted octanol–water partition coefficient (Wildman–Crippen LogP) is 3.21. The van der Waals surface area contributed by atoms with E-state index in [0.29, 0.717) is 11.1 Å². The van der Waals surface area contributed by atoms with Gasteiger partial charge < -0.3 is 5.73 Å². The number of hydrogen-bond donors (Lipinski definition) is 1. The summed E-state index contributed by atoms with van der Waals surface area (Å²) >= 11 is 0. The van der Waals surface area contributed by atoms with E-state index in [1.807, 2.05) is 32.0 Å². The number of nitrogens with two attached hydrogens (primary N) is 1. The lowest BCUT2D eigenvalue weighted by atomic mass is 10.1. The minimum Gasteiger partial charge on any atom is -0.326 e. The number of hydrogen-bond acceptors (Lipinski definition) is 2. The summed E-state index contributed by atoms with van der Waals surface area (Å²) < 4.78 is 26.5. The summed E-state index contributed by atoms with van der Waals surface area (Å²) in [5.41, 5.74) is 8.49. The fourth-order valence-electron chi connectivity index (χ4n) is 2.18. The number of benzene rings is 2. The number of aryl methyl sites for hydroxylation is 2. The summed E-state index contributed by atoms with van der Waals surface area (Å²) in [7, 11) is -1.26. The summed E-state index contributed by atoms with van der Waals surface area (Å²) in [4.78, 5) is 0.758. The first-order valence-electron chi connectivity index (χ1n) is 6.45. The van der Waals surface area contributed by atoms with Crippen molar-refractivity contribution in [3.8, 4) is 0 Å². The third-order valence-electron chi connectivity index (χ3n) is 3.24. The molecule has 2 aromatic carbocycles. The SMILES string of the molecule is Cc1ccc(S(=O)Cc2cccc(CN)c2F)c(C)c1. The Morgan fingerprint density at radius 2 is 1.85 bits per heavy atom. The van der Waals surface area contributed by atoms with Crippen molar-refractivity contribution in [2.24, 2.45) is 5.73 Å². The average Bonchev–Trinajstić information content (AvgIpc) is 2.41. The van der Waals surface area contributed by atoms with Gasteiger partial charge in [-0.2, -0.15) is 0 Å². The van der Waals surface area contributed by atoms with Crippen molar-refractivity contribution in [3.05, 3.63) is 64.5 Å². The van der Waals surface area contributed by atoms with Crippen LogP contribution < -0.4 is 5.73 Å².